The minimum absolute atomic E-state index is 0.137. The fraction of sp³-hybridized carbons (Fsp3) is 0.455. The van der Waals surface area contributed by atoms with Crippen molar-refractivity contribution < 1.29 is 13.2 Å². The predicted octanol–water partition coefficient (Wildman–Crippen LogP) is 4.55. The lowest BCUT2D eigenvalue weighted by molar-refractivity contribution is 0.201. The van der Waals surface area contributed by atoms with Crippen molar-refractivity contribution in [2.75, 3.05) is 19.6 Å². The van der Waals surface area contributed by atoms with Gasteiger partial charge in [0.25, 0.3) is 0 Å². The van der Waals surface area contributed by atoms with Crippen LogP contribution < -0.4 is 5.73 Å². The summed E-state index contributed by atoms with van der Waals surface area (Å²) in [5.74, 6) is -2.41. The minimum atomic E-state index is -1.17. The molecule has 2 nitrogen and oxygen atoms in total. The molecule has 0 spiro atoms. The summed E-state index contributed by atoms with van der Waals surface area (Å²) in [6.45, 7) is 4.97. The van der Waals surface area contributed by atoms with E-state index in [1.807, 2.05) is 0 Å². The van der Waals surface area contributed by atoms with Crippen LogP contribution in [0.1, 0.15) is 41.9 Å². The molecule has 0 bridgehead atoms. The number of rotatable bonds is 6. The third kappa shape index (κ3) is 5.33. The van der Waals surface area contributed by atoms with Gasteiger partial charge in [0.1, 0.15) is 5.82 Å². The van der Waals surface area contributed by atoms with Gasteiger partial charge in [0.05, 0.1) is 0 Å². The van der Waals surface area contributed by atoms with Crippen LogP contribution in [-0.2, 0) is 6.42 Å². The number of benzene rings is 2. The molecule has 1 aliphatic rings. The topological polar surface area (TPSA) is 29.3 Å². The van der Waals surface area contributed by atoms with E-state index in [-0.39, 0.29) is 18.0 Å². The molecule has 0 aromatic heterocycles. The Hall–Kier alpha value is -1.85. The van der Waals surface area contributed by atoms with Crippen molar-refractivity contribution in [3.05, 3.63) is 70.5 Å². The zero-order valence-corrected chi connectivity index (χ0v) is 15.7. The molecule has 0 radical (unpaired) electrons. The lowest BCUT2D eigenvalue weighted by Crippen LogP contribution is -2.38. The van der Waals surface area contributed by atoms with Gasteiger partial charge in [-0.15, -0.1) is 0 Å². The fourth-order valence-electron chi connectivity index (χ4n) is 3.91. The number of aryl methyl sites for hydroxylation is 1. The first-order valence-electron chi connectivity index (χ1n) is 9.60. The number of hydrogen-bond donors (Lipinski definition) is 1. The van der Waals surface area contributed by atoms with E-state index >= 15 is 0 Å². The Morgan fingerprint density at radius 2 is 1.89 bits per heavy atom. The summed E-state index contributed by atoms with van der Waals surface area (Å²) in [4.78, 5) is 2.40. The molecule has 1 saturated heterocycles. The summed E-state index contributed by atoms with van der Waals surface area (Å²) in [6.07, 6.45) is 3.23. The number of likely N-dealkylation sites (tertiary alicyclic amines) is 1. The van der Waals surface area contributed by atoms with E-state index in [9.17, 15) is 13.2 Å². The van der Waals surface area contributed by atoms with E-state index in [0.29, 0.717) is 18.4 Å². The quantitative estimate of drug-likeness (QED) is 0.750. The molecule has 1 aliphatic heterocycles. The maximum Gasteiger partial charge on any atom is 0.161 e. The van der Waals surface area contributed by atoms with Crippen molar-refractivity contribution in [3.8, 4) is 0 Å². The summed E-state index contributed by atoms with van der Waals surface area (Å²) in [5, 5.41) is 0. The van der Waals surface area contributed by atoms with Crippen molar-refractivity contribution in [1.82, 2.24) is 4.90 Å². The van der Waals surface area contributed by atoms with Gasteiger partial charge >= 0.3 is 0 Å². The van der Waals surface area contributed by atoms with Gasteiger partial charge in [0, 0.05) is 18.7 Å². The number of halogens is 3. The van der Waals surface area contributed by atoms with Crippen molar-refractivity contribution >= 4 is 0 Å². The second kappa shape index (κ2) is 8.89. The zero-order valence-electron chi connectivity index (χ0n) is 15.7. The molecule has 1 unspecified atom stereocenters. The van der Waals surface area contributed by atoms with Crippen LogP contribution in [0.5, 0.6) is 0 Å². The van der Waals surface area contributed by atoms with Gasteiger partial charge in [-0.3, -0.25) is 0 Å². The Labute approximate surface area is 159 Å². The Bertz CT molecular complexity index is 778. The lowest BCUT2D eigenvalue weighted by Gasteiger charge is -2.33. The van der Waals surface area contributed by atoms with Gasteiger partial charge in [-0.2, -0.15) is 0 Å². The van der Waals surface area contributed by atoms with Crippen LogP contribution in [-0.4, -0.2) is 30.6 Å². The molecule has 0 saturated carbocycles. The first kappa shape index (κ1) is 19.9. The Morgan fingerprint density at radius 3 is 2.67 bits per heavy atom. The third-order valence-electron chi connectivity index (χ3n) is 5.41. The van der Waals surface area contributed by atoms with E-state index < -0.39 is 17.5 Å². The van der Waals surface area contributed by atoms with Crippen LogP contribution >= 0.6 is 0 Å². The van der Waals surface area contributed by atoms with Gasteiger partial charge in [0.2, 0.25) is 0 Å². The molecule has 27 heavy (non-hydrogen) atoms. The fourth-order valence-corrected chi connectivity index (χ4v) is 3.91. The van der Waals surface area contributed by atoms with Crippen molar-refractivity contribution in [2.24, 2.45) is 5.73 Å². The van der Waals surface area contributed by atoms with E-state index in [0.717, 1.165) is 32.1 Å². The van der Waals surface area contributed by atoms with E-state index in [1.54, 1.807) is 0 Å². The smallest absolute Gasteiger partial charge is 0.161 e. The SMILES string of the molecule is Cc1cccc(C2CCCN(CC[C@H](N)Cc3cc(F)c(F)cc3F)C2)c1. The molecular weight excluding hydrogens is 349 g/mol. The van der Waals surface area contributed by atoms with Gasteiger partial charge in [-0.1, -0.05) is 29.8 Å². The average Bonchev–Trinajstić information content (AvgIpc) is 2.65. The molecule has 5 heteroatoms. The summed E-state index contributed by atoms with van der Waals surface area (Å²) < 4.78 is 40.1. The van der Waals surface area contributed by atoms with E-state index in [4.69, 9.17) is 5.73 Å². The highest BCUT2D eigenvalue weighted by Gasteiger charge is 2.22. The maximum absolute atomic E-state index is 13.8. The molecule has 146 valence electrons. The van der Waals surface area contributed by atoms with Gasteiger partial charge < -0.3 is 10.6 Å². The summed E-state index contributed by atoms with van der Waals surface area (Å²) in [5.41, 5.74) is 8.93. The number of hydrogen-bond acceptors (Lipinski definition) is 2. The molecule has 2 atom stereocenters. The van der Waals surface area contributed by atoms with E-state index in [2.05, 4.69) is 36.1 Å². The third-order valence-corrected chi connectivity index (χ3v) is 5.41. The molecule has 2 N–H and O–H groups in total. The van der Waals surface area contributed by atoms with Crippen LogP contribution in [0, 0.1) is 24.4 Å². The van der Waals surface area contributed by atoms with Crippen LogP contribution in [0.15, 0.2) is 36.4 Å². The Kier molecular flexibility index (Phi) is 6.55. The molecule has 0 amide bonds. The maximum atomic E-state index is 13.8. The number of piperidine rings is 1. The van der Waals surface area contributed by atoms with Crippen molar-refractivity contribution in [2.45, 2.75) is 44.6 Å². The Morgan fingerprint density at radius 1 is 1.11 bits per heavy atom. The van der Waals surface area contributed by atoms with Gasteiger partial charge in [-0.25, -0.2) is 13.2 Å². The predicted molar refractivity (Wildman–Crippen MR) is 102 cm³/mol. The minimum Gasteiger partial charge on any atom is -0.327 e. The summed E-state index contributed by atoms with van der Waals surface area (Å²) >= 11 is 0. The lowest BCUT2D eigenvalue weighted by atomic mass is 9.89. The first-order valence-corrected chi connectivity index (χ1v) is 9.60. The second-order valence-electron chi connectivity index (χ2n) is 7.66. The van der Waals surface area contributed by atoms with Crippen LogP contribution in [0.2, 0.25) is 0 Å². The molecule has 1 fully saturated rings. The number of nitrogens with zero attached hydrogens (tertiary/aromatic N) is 1. The summed E-state index contributed by atoms with van der Waals surface area (Å²) in [6, 6.07) is 9.89. The molecule has 2 aromatic carbocycles. The molecule has 3 rings (SSSR count). The van der Waals surface area contributed by atoms with Crippen molar-refractivity contribution in [3.63, 3.8) is 0 Å². The Balaban J connectivity index is 1.53. The highest BCUT2D eigenvalue weighted by molar-refractivity contribution is 5.26. The van der Waals surface area contributed by atoms with E-state index in [1.165, 1.54) is 17.5 Å². The number of nitrogens with two attached hydrogens (primary N) is 1. The standard InChI is InChI=1S/C22H27F3N2/c1-15-4-2-5-16(10-15)17-6-3-8-27(14-17)9-7-19(26)11-18-12-21(24)22(25)13-20(18)23/h2,4-5,10,12-13,17,19H,3,6-9,11,14,26H2,1H3/t17?,19-/m0/s1. The molecule has 1 heterocycles. The molecule has 2 aromatic rings. The molecular formula is C22H27F3N2. The largest absolute Gasteiger partial charge is 0.327 e. The normalized spacial score (nSPS) is 19.2. The average molecular weight is 376 g/mol. The van der Waals surface area contributed by atoms with Crippen molar-refractivity contribution in [1.29, 1.82) is 0 Å². The first-order chi connectivity index (χ1) is 12.9. The van der Waals surface area contributed by atoms with Gasteiger partial charge in [0.15, 0.2) is 11.6 Å². The summed E-state index contributed by atoms with van der Waals surface area (Å²) in [7, 11) is 0. The molecule has 0 aliphatic carbocycles. The van der Waals surface area contributed by atoms with Crippen LogP contribution in [0.3, 0.4) is 0 Å². The van der Waals surface area contributed by atoms with Gasteiger partial charge in [-0.05, 0) is 68.8 Å². The highest BCUT2D eigenvalue weighted by atomic mass is 19.2. The zero-order chi connectivity index (χ0) is 19.4. The van der Waals surface area contributed by atoms with Crippen LogP contribution in [0.25, 0.3) is 0 Å². The second-order valence-corrected chi connectivity index (χ2v) is 7.66. The highest BCUT2D eigenvalue weighted by Crippen LogP contribution is 2.27. The van der Waals surface area contributed by atoms with Crippen LogP contribution in [0.4, 0.5) is 13.2 Å². The monoisotopic (exact) mass is 376 g/mol.